The van der Waals surface area contributed by atoms with Crippen molar-refractivity contribution in [3.05, 3.63) is 47.5 Å². The molecule has 1 unspecified atom stereocenters. The van der Waals surface area contributed by atoms with Crippen LogP contribution in [0.15, 0.2) is 30.3 Å². The van der Waals surface area contributed by atoms with E-state index < -0.39 is 23.2 Å². The summed E-state index contributed by atoms with van der Waals surface area (Å²) in [5.74, 6) is -1.73. The molecule has 1 atom stereocenters. The van der Waals surface area contributed by atoms with Crippen molar-refractivity contribution in [1.82, 2.24) is 15.1 Å². The third-order valence-corrected chi connectivity index (χ3v) is 5.20. The van der Waals surface area contributed by atoms with Crippen LogP contribution in [0.25, 0.3) is 0 Å². The Hall–Kier alpha value is -3.23. The number of rotatable bonds is 7. The Morgan fingerprint density at radius 1 is 1.32 bits per heavy atom. The van der Waals surface area contributed by atoms with Gasteiger partial charge in [-0.05, 0) is 44.4 Å². The molecule has 31 heavy (non-hydrogen) atoms. The second-order valence-electron chi connectivity index (χ2n) is 8.13. The molecule has 2 heterocycles. The molecular weight excluding hydrogens is 403 g/mol. The first-order chi connectivity index (χ1) is 14.7. The lowest BCUT2D eigenvalue weighted by Crippen LogP contribution is -2.64. The van der Waals surface area contributed by atoms with Gasteiger partial charge in [0, 0.05) is 18.3 Å². The smallest absolute Gasteiger partial charge is 0.358 e. The number of nitrogens with one attached hydrogen (secondary N) is 1. The van der Waals surface area contributed by atoms with E-state index in [0.29, 0.717) is 12.5 Å². The first-order valence-electron chi connectivity index (χ1n) is 10.3. The molecule has 0 saturated carbocycles. The molecule has 2 amide bonds. The molecule has 9 heteroatoms. The quantitative estimate of drug-likeness (QED) is 0.682. The van der Waals surface area contributed by atoms with E-state index in [2.05, 4.69) is 10.4 Å². The van der Waals surface area contributed by atoms with Gasteiger partial charge in [-0.25, -0.2) is 9.18 Å². The molecule has 3 rings (SSSR count). The van der Waals surface area contributed by atoms with Crippen molar-refractivity contribution >= 4 is 23.5 Å². The average molecular weight is 430 g/mol. The van der Waals surface area contributed by atoms with Crippen molar-refractivity contribution in [2.45, 2.75) is 46.2 Å². The van der Waals surface area contributed by atoms with E-state index in [-0.39, 0.29) is 36.1 Å². The van der Waals surface area contributed by atoms with E-state index in [1.165, 1.54) is 33.8 Å². The summed E-state index contributed by atoms with van der Waals surface area (Å²) in [7, 11) is 0. The van der Waals surface area contributed by atoms with Crippen LogP contribution in [0.5, 0.6) is 0 Å². The maximum atomic E-state index is 14.0. The van der Waals surface area contributed by atoms with Crippen LogP contribution in [0.2, 0.25) is 0 Å². The summed E-state index contributed by atoms with van der Waals surface area (Å²) in [6, 6.07) is 6.85. The highest BCUT2D eigenvalue weighted by Gasteiger charge is 2.49. The number of anilines is 1. The lowest BCUT2D eigenvalue weighted by atomic mass is 9.93. The number of carbonyl (C=O) groups excluding carboxylic acids is 3. The van der Waals surface area contributed by atoms with Crippen LogP contribution in [-0.4, -0.2) is 46.3 Å². The molecule has 2 aromatic rings. The lowest BCUT2D eigenvalue weighted by Gasteiger charge is -2.43. The molecule has 0 bridgehead atoms. The summed E-state index contributed by atoms with van der Waals surface area (Å²) in [5, 5.41) is 7.07. The molecule has 1 N–H and O–H groups in total. The zero-order valence-corrected chi connectivity index (χ0v) is 18.1. The van der Waals surface area contributed by atoms with Gasteiger partial charge in [-0.2, -0.15) is 5.10 Å². The standard InChI is InChI=1S/C22H27FN4O4/c1-5-31-20(29)17-12-18-19(28)27(16-8-6-7-15(23)11-16)22(4,13-26(18)25-17)21(30)24-10-9-14(2)3/h6-8,11-12,14H,5,9-10,13H2,1-4H3,(H,24,30). The summed E-state index contributed by atoms with van der Waals surface area (Å²) in [5.41, 5.74) is -1.03. The number of fused-ring (bicyclic) bond motifs is 1. The van der Waals surface area contributed by atoms with Crippen LogP contribution in [0, 0.1) is 11.7 Å². The highest BCUT2D eigenvalue weighted by atomic mass is 19.1. The fourth-order valence-electron chi connectivity index (χ4n) is 3.57. The molecule has 1 aliphatic rings. The first-order valence-corrected chi connectivity index (χ1v) is 10.3. The van der Waals surface area contributed by atoms with E-state index in [0.717, 1.165) is 6.42 Å². The van der Waals surface area contributed by atoms with Gasteiger partial charge >= 0.3 is 5.97 Å². The van der Waals surface area contributed by atoms with E-state index in [4.69, 9.17) is 4.74 Å². The van der Waals surface area contributed by atoms with Crippen molar-refractivity contribution in [2.24, 2.45) is 5.92 Å². The Morgan fingerprint density at radius 2 is 2.06 bits per heavy atom. The fourth-order valence-corrected chi connectivity index (χ4v) is 3.57. The van der Waals surface area contributed by atoms with Crippen molar-refractivity contribution < 1.29 is 23.5 Å². The van der Waals surface area contributed by atoms with Gasteiger partial charge in [-0.3, -0.25) is 19.2 Å². The first kappa shape index (κ1) is 22.5. The van der Waals surface area contributed by atoms with Crippen molar-refractivity contribution in [3.8, 4) is 0 Å². The van der Waals surface area contributed by atoms with Crippen LogP contribution in [0.1, 0.15) is 55.1 Å². The molecule has 1 aromatic carbocycles. The summed E-state index contributed by atoms with van der Waals surface area (Å²) in [6.45, 7) is 7.97. The number of aromatic nitrogens is 2. The van der Waals surface area contributed by atoms with Crippen LogP contribution < -0.4 is 10.2 Å². The monoisotopic (exact) mass is 430 g/mol. The van der Waals surface area contributed by atoms with Gasteiger partial charge in [0.15, 0.2) is 5.69 Å². The number of nitrogens with zero attached hydrogens (tertiary/aromatic N) is 3. The van der Waals surface area contributed by atoms with Gasteiger partial charge in [0.2, 0.25) is 5.91 Å². The second-order valence-corrected chi connectivity index (χ2v) is 8.13. The molecular formula is C22H27FN4O4. The molecule has 0 aliphatic carbocycles. The number of hydrogen-bond donors (Lipinski definition) is 1. The maximum Gasteiger partial charge on any atom is 0.358 e. The molecule has 1 aromatic heterocycles. The van der Waals surface area contributed by atoms with Gasteiger partial charge in [0.1, 0.15) is 17.1 Å². The number of hydrogen-bond acceptors (Lipinski definition) is 5. The molecule has 1 aliphatic heterocycles. The summed E-state index contributed by atoms with van der Waals surface area (Å²) < 4.78 is 20.3. The predicted molar refractivity (Wildman–Crippen MR) is 112 cm³/mol. The van der Waals surface area contributed by atoms with E-state index in [9.17, 15) is 18.8 Å². The molecule has 8 nitrogen and oxygen atoms in total. The van der Waals surface area contributed by atoms with E-state index in [1.807, 2.05) is 13.8 Å². The molecule has 0 saturated heterocycles. The SMILES string of the molecule is CCOC(=O)c1cc2n(n1)CC(C)(C(=O)NCCC(C)C)N(c1cccc(F)c1)C2=O. The third-order valence-electron chi connectivity index (χ3n) is 5.20. The minimum absolute atomic E-state index is 0.00248. The lowest BCUT2D eigenvalue weighted by molar-refractivity contribution is -0.126. The Bertz CT molecular complexity index is 1000. The minimum Gasteiger partial charge on any atom is -0.461 e. The zero-order valence-electron chi connectivity index (χ0n) is 18.1. The highest BCUT2D eigenvalue weighted by Crippen LogP contribution is 2.33. The topological polar surface area (TPSA) is 93.5 Å². The maximum absolute atomic E-state index is 14.0. The Kier molecular flexibility index (Phi) is 6.42. The molecule has 166 valence electrons. The van der Waals surface area contributed by atoms with Gasteiger partial charge < -0.3 is 10.1 Å². The molecule has 0 fully saturated rings. The molecule has 0 radical (unpaired) electrons. The van der Waals surface area contributed by atoms with E-state index in [1.54, 1.807) is 19.9 Å². The van der Waals surface area contributed by atoms with Gasteiger partial charge in [0.05, 0.1) is 13.2 Å². The summed E-state index contributed by atoms with van der Waals surface area (Å²) in [6.07, 6.45) is 0.774. The van der Waals surface area contributed by atoms with Gasteiger partial charge in [0.25, 0.3) is 5.91 Å². The number of amides is 2. The fraction of sp³-hybridized carbons (Fsp3) is 0.455. The van der Waals surface area contributed by atoms with Gasteiger partial charge in [-0.15, -0.1) is 0 Å². The van der Waals surface area contributed by atoms with Crippen LogP contribution in [0.3, 0.4) is 0 Å². The number of benzene rings is 1. The second kappa shape index (κ2) is 8.87. The Labute approximate surface area is 180 Å². The summed E-state index contributed by atoms with van der Waals surface area (Å²) in [4.78, 5) is 40.1. The number of halogens is 1. The summed E-state index contributed by atoms with van der Waals surface area (Å²) >= 11 is 0. The van der Waals surface area contributed by atoms with Crippen molar-refractivity contribution in [3.63, 3.8) is 0 Å². The normalized spacial score (nSPS) is 18.1. The molecule has 0 spiro atoms. The van der Waals surface area contributed by atoms with Crippen molar-refractivity contribution in [2.75, 3.05) is 18.1 Å². The van der Waals surface area contributed by atoms with Crippen LogP contribution in [-0.2, 0) is 16.1 Å². The van der Waals surface area contributed by atoms with Gasteiger partial charge in [-0.1, -0.05) is 19.9 Å². The average Bonchev–Trinajstić information content (AvgIpc) is 3.12. The van der Waals surface area contributed by atoms with Crippen molar-refractivity contribution in [1.29, 1.82) is 0 Å². The number of ether oxygens (including phenoxy) is 1. The Morgan fingerprint density at radius 3 is 2.71 bits per heavy atom. The largest absolute Gasteiger partial charge is 0.461 e. The zero-order chi connectivity index (χ0) is 22.8. The van der Waals surface area contributed by atoms with E-state index >= 15 is 0 Å². The Balaban J connectivity index is 2.03. The number of esters is 1. The van der Waals surface area contributed by atoms with Crippen LogP contribution in [0.4, 0.5) is 10.1 Å². The third kappa shape index (κ3) is 4.45. The predicted octanol–water partition coefficient (Wildman–Crippen LogP) is 2.78. The van der Waals surface area contributed by atoms with Crippen LogP contribution >= 0.6 is 0 Å². The number of carbonyl (C=O) groups is 3. The minimum atomic E-state index is -1.38. The highest BCUT2D eigenvalue weighted by molar-refractivity contribution is 6.12.